The number of aryl methyl sites for hydroxylation is 1. The molecule has 5 heteroatoms. The SMILES string of the molecule is NCc1nnc2n1CCc1ccc(N)cc1-2. The van der Waals surface area contributed by atoms with Crippen LogP contribution in [0.1, 0.15) is 11.4 Å². The van der Waals surface area contributed by atoms with Crippen molar-refractivity contribution in [1.29, 1.82) is 0 Å². The third kappa shape index (κ3) is 1.22. The lowest BCUT2D eigenvalue weighted by atomic mass is 10.00. The van der Waals surface area contributed by atoms with Crippen LogP contribution in [0.15, 0.2) is 18.2 Å². The van der Waals surface area contributed by atoms with Crippen molar-refractivity contribution in [2.45, 2.75) is 19.5 Å². The molecule has 0 unspecified atom stereocenters. The van der Waals surface area contributed by atoms with Crippen molar-refractivity contribution in [1.82, 2.24) is 14.8 Å². The number of rotatable bonds is 1. The van der Waals surface area contributed by atoms with E-state index in [4.69, 9.17) is 11.5 Å². The predicted molar refractivity (Wildman–Crippen MR) is 61.5 cm³/mol. The minimum absolute atomic E-state index is 0.421. The largest absolute Gasteiger partial charge is 0.399 e. The van der Waals surface area contributed by atoms with Crippen LogP contribution >= 0.6 is 0 Å². The molecule has 0 radical (unpaired) electrons. The highest BCUT2D eigenvalue weighted by atomic mass is 15.3. The van der Waals surface area contributed by atoms with Gasteiger partial charge in [-0.05, 0) is 24.1 Å². The van der Waals surface area contributed by atoms with Crippen LogP contribution in [-0.4, -0.2) is 14.8 Å². The number of nitrogens with two attached hydrogens (primary N) is 2. The molecule has 0 saturated heterocycles. The number of nitrogens with zero attached hydrogens (tertiary/aromatic N) is 3. The summed E-state index contributed by atoms with van der Waals surface area (Å²) in [7, 11) is 0. The van der Waals surface area contributed by atoms with Gasteiger partial charge in [0.05, 0.1) is 6.54 Å². The van der Waals surface area contributed by atoms with E-state index in [2.05, 4.69) is 20.8 Å². The smallest absolute Gasteiger partial charge is 0.164 e. The van der Waals surface area contributed by atoms with E-state index in [1.165, 1.54) is 5.56 Å². The van der Waals surface area contributed by atoms with Gasteiger partial charge >= 0.3 is 0 Å². The van der Waals surface area contributed by atoms with Gasteiger partial charge in [0.1, 0.15) is 5.82 Å². The summed E-state index contributed by atoms with van der Waals surface area (Å²) in [6.07, 6.45) is 0.980. The lowest BCUT2D eigenvalue weighted by Crippen LogP contribution is -2.15. The number of hydrogen-bond donors (Lipinski definition) is 2. The number of hydrogen-bond acceptors (Lipinski definition) is 4. The highest BCUT2D eigenvalue weighted by Gasteiger charge is 2.20. The molecule has 0 atom stereocenters. The predicted octanol–water partition coefficient (Wildman–Crippen LogP) is 0.542. The first-order chi connectivity index (χ1) is 7.79. The fourth-order valence-corrected chi connectivity index (χ4v) is 2.17. The normalized spacial score (nSPS) is 13.3. The lowest BCUT2D eigenvalue weighted by Gasteiger charge is -2.18. The first kappa shape index (κ1) is 9.35. The summed E-state index contributed by atoms with van der Waals surface area (Å²) in [4.78, 5) is 0. The molecule has 0 fully saturated rings. The van der Waals surface area contributed by atoms with Crippen molar-refractivity contribution in [3.63, 3.8) is 0 Å². The van der Waals surface area contributed by atoms with E-state index in [1.807, 2.05) is 12.1 Å². The number of benzene rings is 1. The van der Waals surface area contributed by atoms with Crippen molar-refractivity contribution < 1.29 is 0 Å². The van der Waals surface area contributed by atoms with Gasteiger partial charge in [0.15, 0.2) is 5.82 Å². The molecule has 5 nitrogen and oxygen atoms in total. The van der Waals surface area contributed by atoms with E-state index in [0.29, 0.717) is 6.54 Å². The Morgan fingerprint density at radius 1 is 1.31 bits per heavy atom. The van der Waals surface area contributed by atoms with Crippen LogP contribution in [0.4, 0.5) is 5.69 Å². The molecule has 16 heavy (non-hydrogen) atoms. The average Bonchev–Trinajstić information content (AvgIpc) is 2.72. The van der Waals surface area contributed by atoms with Gasteiger partial charge in [-0.2, -0.15) is 0 Å². The molecule has 2 heterocycles. The number of anilines is 1. The molecule has 0 amide bonds. The Bertz CT molecular complexity index is 543. The summed E-state index contributed by atoms with van der Waals surface area (Å²) >= 11 is 0. The van der Waals surface area contributed by atoms with Gasteiger partial charge in [0.2, 0.25) is 0 Å². The van der Waals surface area contributed by atoms with Gasteiger partial charge in [-0.1, -0.05) is 6.07 Å². The standard InChI is InChI=1S/C11H13N5/c12-6-10-14-15-11-9-5-8(13)2-1-7(9)3-4-16(10)11/h1-2,5H,3-4,6,12-13H2. The van der Waals surface area contributed by atoms with Gasteiger partial charge in [-0.3, -0.25) is 0 Å². The topological polar surface area (TPSA) is 82.8 Å². The van der Waals surface area contributed by atoms with E-state index in [-0.39, 0.29) is 0 Å². The van der Waals surface area contributed by atoms with Crippen LogP contribution in [0.25, 0.3) is 11.4 Å². The molecule has 1 aliphatic heterocycles. The van der Waals surface area contributed by atoms with E-state index in [1.54, 1.807) is 0 Å². The second-order valence-electron chi connectivity index (χ2n) is 3.96. The van der Waals surface area contributed by atoms with Crippen molar-refractivity contribution in [2.24, 2.45) is 5.73 Å². The molecule has 82 valence electrons. The van der Waals surface area contributed by atoms with Crippen LogP contribution in [-0.2, 0) is 19.5 Å². The molecule has 0 spiro atoms. The summed E-state index contributed by atoms with van der Waals surface area (Å²) in [5.41, 5.74) is 14.5. The molecule has 4 N–H and O–H groups in total. The van der Waals surface area contributed by atoms with Gasteiger partial charge in [0, 0.05) is 17.8 Å². The Balaban J connectivity index is 2.22. The van der Waals surface area contributed by atoms with Gasteiger partial charge in [-0.25, -0.2) is 0 Å². The maximum absolute atomic E-state index is 5.80. The maximum Gasteiger partial charge on any atom is 0.164 e. The zero-order valence-corrected chi connectivity index (χ0v) is 8.85. The minimum Gasteiger partial charge on any atom is -0.399 e. The second kappa shape index (κ2) is 3.31. The zero-order valence-electron chi connectivity index (χ0n) is 8.85. The van der Waals surface area contributed by atoms with E-state index in [0.717, 1.165) is 35.9 Å². The van der Waals surface area contributed by atoms with E-state index >= 15 is 0 Å². The molecule has 0 aliphatic carbocycles. The fraction of sp³-hybridized carbons (Fsp3) is 0.273. The minimum atomic E-state index is 0.421. The summed E-state index contributed by atoms with van der Waals surface area (Å²) in [5.74, 6) is 1.72. The van der Waals surface area contributed by atoms with Gasteiger partial charge in [-0.15, -0.1) is 10.2 Å². The summed E-state index contributed by atoms with van der Waals surface area (Å²) < 4.78 is 2.07. The zero-order chi connectivity index (χ0) is 11.1. The molecule has 3 rings (SSSR count). The molecule has 2 aromatic rings. The monoisotopic (exact) mass is 215 g/mol. The third-order valence-corrected chi connectivity index (χ3v) is 2.99. The molecule has 1 aromatic carbocycles. The molecule has 1 aromatic heterocycles. The van der Waals surface area contributed by atoms with E-state index in [9.17, 15) is 0 Å². The molecular formula is C11H13N5. The van der Waals surface area contributed by atoms with Crippen molar-refractivity contribution in [2.75, 3.05) is 5.73 Å². The van der Waals surface area contributed by atoms with Crippen LogP contribution in [0.3, 0.4) is 0 Å². The average molecular weight is 215 g/mol. The number of nitrogen functional groups attached to an aromatic ring is 1. The highest BCUT2D eigenvalue weighted by Crippen LogP contribution is 2.29. The Morgan fingerprint density at radius 3 is 3.00 bits per heavy atom. The summed E-state index contributed by atoms with van der Waals surface area (Å²) in [6.45, 7) is 1.32. The maximum atomic E-state index is 5.80. The van der Waals surface area contributed by atoms with Gasteiger partial charge < -0.3 is 16.0 Å². The Morgan fingerprint density at radius 2 is 2.19 bits per heavy atom. The van der Waals surface area contributed by atoms with Crippen molar-refractivity contribution >= 4 is 5.69 Å². The van der Waals surface area contributed by atoms with E-state index < -0.39 is 0 Å². The highest BCUT2D eigenvalue weighted by molar-refractivity contribution is 5.67. The summed E-state index contributed by atoms with van der Waals surface area (Å²) in [5, 5.41) is 8.28. The molecule has 0 saturated carbocycles. The number of fused-ring (bicyclic) bond motifs is 3. The summed E-state index contributed by atoms with van der Waals surface area (Å²) in [6, 6.07) is 5.94. The van der Waals surface area contributed by atoms with Crippen LogP contribution < -0.4 is 11.5 Å². The molecule has 0 bridgehead atoms. The number of aromatic nitrogens is 3. The van der Waals surface area contributed by atoms with Gasteiger partial charge in [0.25, 0.3) is 0 Å². The first-order valence-electron chi connectivity index (χ1n) is 5.30. The fourth-order valence-electron chi connectivity index (χ4n) is 2.17. The first-order valence-corrected chi connectivity index (χ1v) is 5.30. The molecular weight excluding hydrogens is 202 g/mol. The second-order valence-corrected chi connectivity index (χ2v) is 3.96. The lowest BCUT2D eigenvalue weighted by molar-refractivity contribution is 0.643. The molecule has 1 aliphatic rings. The van der Waals surface area contributed by atoms with Crippen LogP contribution in [0.5, 0.6) is 0 Å². The Hall–Kier alpha value is -1.88. The quantitative estimate of drug-likeness (QED) is 0.680. The Kier molecular flexibility index (Phi) is 1.94. The van der Waals surface area contributed by atoms with Crippen LogP contribution in [0.2, 0.25) is 0 Å². The Labute approximate surface area is 93.1 Å². The van der Waals surface area contributed by atoms with Crippen LogP contribution in [0, 0.1) is 0 Å². The third-order valence-electron chi connectivity index (χ3n) is 2.99. The van der Waals surface area contributed by atoms with Crippen molar-refractivity contribution in [3.8, 4) is 11.4 Å². The van der Waals surface area contributed by atoms with Crippen molar-refractivity contribution in [3.05, 3.63) is 29.6 Å².